The second kappa shape index (κ2) is 7.05. The zero-order valence-corrected chi connectivity index (χ0v) is 14.0. The standard InChI is InChI=1S/C19H18ClNO3/c1-12-7-10-15(11-16(12)20)21-18(22)17(13-5-3-2-4-6-13)24-19(23)14-8-9-14/h2-7,10-11,14,17H,8-9H2,1H3,(H,21,22)/t17-/m0/s1. The van der Waals surface area contributed by atoms with Crippen molar-refractivity contribution in [1.82, 2.24) is 0 Å². The van der Waals surface area contributed by atoms with Crippen molar-refractivity contribution in [2.24, 2.45) is 5.92 Å². The highest BCUT2D eigenvalue weighted by Crippen LogP contribution is 2.33. The fraction of sp³-hybridized carbons (Fsp3) is 0.263. The number of aryl methyl sites for hydroxylation is 1. The van der Waals surface area contributed by atoms with Crippen molar-refractivity contribution in [2.45, 2.75) is 25.9 Å². The van der Waals surface area contributed by atoms with Crippen LogP contribution in [-0.2, 0) is 14.3 Å². The van der Waals surface area contributed by atoms with Crippen LogP contribution in [0.2, 0.25) is 5.02 Å². The van der Waals surface area contributed by atoms with Crippen molar-refractivity contribution in [1.29, 1.82) is 0 Å². The maximum absolute atomic E-state index is 12.7. The van der Waals surface area contributed by atoms with Crippen LogP contribution in [-0.4, -0.2) is 11.9 Å². The van der Waals surface area contributed by atoms with Gasteiger partial charge in [0.2, 0.25) is 6.10 Å². The summed E-state index contributed by atoms with van der Waals surface area (Å²) >= 11 is 6.09. The first kappa shape index (κ1) is 16.5. The highest BCUT2D eigenvalue weighted by Gasteiger charge is 2.35. The van der Waals surface area contributed by atoms with E-state index in [2.05, 4.69) is 5.32 Å². The monoisotopic (exact) mass is 343 g/mol. The van der Waals surface area contributed by atoms with E-state index >= 15 is 0 Å². The average molecular weight is 344 g/mol. The number of halogens is 1. The van der Waals surface area contributed by atoms with E-state index in [1.165, 1.54) is 0 Å². The molecule has 2 aromatic carbocycles. The summed E-state index contributed by atoms with van der Waals surface area (Å²) in [6.07, 6.45) is 0.685. The molecule has 1 aliphatic rings. The van der Waals surface area contributed by atoms with Gasteiger partial charge in [-0.05, 0) is 37.5 Å². The van der Waals surface area contributed by atoms with Gasteiger partial charge in [0.1, 0.15) is 0 Å². The summed E-state index contributed by atoms with van der Waals surface area (Å²) in [5.74, 6) is -0.783. The van der Waals surface area contributed by atoms with Crippen LogP contribution in [0.1, 0.15) is 30.1 Å². The normalized spacial score (nSPS) is 14.8. The van der Waals surface area contributed by atoms with Gasteiger partial charge in [-0.2, -0.15) is 0 Å². The smallest absolute Gasteiger partial charge is 0.310 e. The third-order valence-corrected chi connectivity index (χ3v) is 4.33. The molecule has 1 aliphatic carbocycles. The van der Waals surface area contributed by atoms with Crippen LogP contribution in [0, 0.1) is 12.8 Å². The Bertz CT molecular complexity index is 756. The van der Waals surface area contributed by atoms with E-state index in [0.29, 0.717) is 16.3 Å². The maximum Gasteiger partial charge on any atom is 0.310 e. The van der Waals surface area contributed by atoms with Gasteiger partial charge >= 0.3 is 5.97 Å². The first-order valence-electron chi connectivity index (χ1n) is 7.87. The van der Waals surface area contributed by atoms with E-state index in [4.69, 9.17) is 16.3 Å². The molecule has 0 heterocycles. The third kappa shape index (κ3) is 3.95. The summed E-state index contributed by atoms with van der Waals surface area (Å²) in [5, 5.41) is 3.34. The van der Waals surface area contributed by atoms with Crippen molar-refractivity contribution in [3.63, 3.8) is 0 Å². The van der Waals surface area contributed by atoms with Crippen molar-refractivity contribution in [3.8, 4) is 0 Å². The molecule has 2 aromatic rings. The van der Waals surface area contributed by atoms with Crippen LogP contribution in [0.4, 0.5) is 5.69 Å². The molecule has 0 saturated heterocycles. The fourth-order valence-electron chi connectivity index (χ4n) is 2.31. The summed E-state index contributed by atoms with van der Waals surface area (Å²) < 4.78 is 5.46. The number of hydrogen-bond donors (Lipinski definition) is 1. The Kier molecular flexibility index (Phi) is 4.86. The highest BCUT2D eigenvalue weighted by atomic mass is 35.5. The van der Waals surface area contributed by atoms with Gasteiger partial charge in [-0.25, -0.2) is 0 Å². The number of carbonyl (C=O) groups is 2. The van der Waals surface area contributed by atoms with Crippen LogP contribution in [0.25, 0.3) is 0 Å². The maximum atomic E-state index is 12.7. The van der Waals surface area contributed by atoms with Crippen LogP contribution in [0.5, 0.6) is 0 Å². The SMILES string of the molecule is Cc1ccc(NC(=O)[C@@H](OC(=O)C2CC2)c2ccccc2)cc1Cl. The predicted molar refractivity (Wildman–Crippen MR) is 92.8 cm³/mol. The minimum absolute atomic E-state index is 0.0715. The molecule has 0 aliphatic heterocycles. The van der Waals surface area contributed by atoms with E-state index in [0.717, 1.165) is 18.4 Å². The van der Waals surface area contributed by atoms with E-state index < -0.39 is 12.0 Å². The lowest BCUT2D eigenvalue weighted by atomic mass is 10.1. The van der Waals surface area contributed by atoms with Gasteiger partial charge in [0.15, 0.2) is 0 Å². The summed E-state index contributed by atoms with van der Waals surface area (Å²) in [6.45, 7) is 1.89. The summed E-state index contributed by atoms with van der Waals surface area (Å²) in [4.78, 5) is 24.7. The van der Waals surface area contributed by atoms with Crippen molar-refractivity contribution in [3.05, 3.63) is 64.7 Å². The third-order valence-electron chi connectivity index (χ3n) is 3.92. The number of carbonyl (C=O) groups excluding carboxylic acids is 2. The number of hydrogen-bond acceptors (Lipinski definition) is 3. The lowest BCUT2D eigenvalue weighted by Crippen LogP contribution is -2.26. The number of benzene rings is 2. The van der Waals surface area contributed by atoms with Crippen LogP contribution in [0.15, 0.2) is 48.5 Å². The number of nitrogens with one attached hydrogen (secondary N) is 1. The molecule has 1 atom stereocenters. The number of anilines is 1. The number of ether oxygens (including phenoxy) is 1. The first-order valence-corrected chi connectivity index (χ1v) is 8.25. The molecule has 1 N–H and O–H groups in total. The molecule has 1 fully saturated rings. The van der Waals surface area contributed by atoms with Gasteiger partial charge in [0.25, 0.3) is 5.91 Å². The van der Waals surface area contributed by atoms with Crippen LogP contribution >= 0.6 is 11.6 Å². The predicted octanol–water partition coefficient (Wildman–Crippen LogP) is 4.28. The van der Waals surface area contributed by atoms with Crippen molar-refractivity contribution in [2.75, 3.05) is 5.32 Å². The molecule has 5 heteroatoms. The summed E-state index contributed by atoms with van der Waals surface area (Å²) in [7, 11) is 0. The Morgan fingerprint density at radius 3 is 2.50 bits per heavy atom. The lowest BCUT2D eigenvalue weighted by molar-refractivity contribution is -0.156. The Hall–Kier alpha value is -2.33. The average Bonchev–Trinajstić information content (AvgIpc) is 3.41. The quantitative estimate of drug-likeness (QED) is 0.824. The molecule has 1 saturated carbocycles. The van der Waals surface area contributed by atoms with Gasteiger partial charge in [-0.15, -0.1) is 0 Å². The van der Waals surface area contributed by atoms with Gasteiger partial charge in [0.05, 0.1) is 5.92 Å². The molecule has 3 rings (SSSR count). The molecule has 1 amide bonds. The van der Waals surface area contributed by atoms with Crippen LogP contribution in [0.3, 0.4) is 0 Å². The van der Waals surface area contributed by atoms with E-state index in [1.54, 1.807) is 24.3 Å². The molecule has 124 valence electrons. The molecule has 0 spiro atoms. The Labute approximate surface area is 145 Å². The number of rotatable bonds is 5. The molecule has 0 radical (unpaired) electrons. The van der Waals surface area contributed by atoms with E-state index in [9.17, 15) is 9.59 Å². The van der Waals surface area contributed by atoms with E-state index in [1.807, 2.05) is 31.2 Å². The zero-order chi connectivity index (χ0) is 17.1. The van der Waals surface area contributed by atoms with Crippen molar-refractivity contribution < 1.29 is 14.3 Å². The van der Waals surface area contributed by atoms with Gasteiger partial charge < -0.3 is 10.1 Å². The van der Waals surface area contributed by atoms with Gasteiger partial charge in [-0.1, -0.05) is 48.0 Å². The highest BCUT2D eigenvalue weighted by molar-refractivity contribution is 6.31. The summed E-state index contributed by atoms with van der Waals surface area (Å²) in [5.41, 5.74) is 2.13. The van der Waals surface area contributed by atoms with Crippen molar-refractivity contribution >= 4 is 29.2 Å². The van der Waals surface area contributed by atoms with E-state index in [-0.39, 0.29) is 11.9 Å². The van der Waals surface area contributed by atoms with Crippen LogP contribution < -0.4 is 5.32 Å². The lowest BCUT2D eigenvalue weighted by Gasteiger charge is -2.18. The Morgan fingerprint density at radius 2 is 1.88 bits per heavy atom. The molecule has 24 heavy (non-hydrogen) atoms. The molecular formula is C19H18ClNO3. The zero-order valence-electron chi connectivity index (χ0n) is 13.3. The Balaban J connectivity index is 1.79. The molecule has 4 nitrogen and oxygen atoms in total. The summed E-state index contributed by atoms with van der Waals surface area (Å²) in [6, 6.07) is 14.3. The second-order valence-corrected chi connectivity index (χ2v) is 6.36. The molecule has 0 bridgehead atoms. The number of esters is 1. The van der Waals surface area contributed by atoms with Gasteiger partial charge in [-0.3, -0.25) is 9.59 Å². The second-order valence-electron chi connectivity index (χ2n) is 5.96. The fourth-order valence-corrected chi connectivity index (χ4v) is 2.49. The molecule has 0 aromatic heterocycles. The minimum atomic E-state index is -0.973. The van der Waals surface area contributed by atoms with Gasteiger partial charge in [0, 0.05) is 16.3 Å². The number of amides is 1. The Morgan fingerprint density at radius 1 is 1.17 bits per heavy atom. The minimum Gasteiger partial charge on any atom is -0.447 e. The first-order chi connectivity index (χ1) is 11.5. The topological polar surface area (TPSA) is 55.4 Å². The molecule has 0 unspecified atom stereocenters. The molecular weight excluding hydrogens is 326 g/mol. The largest absolute Gasteiger partial charge is 0.447 e.